The monoisotopic (exact) mass is 171 g/mol. The highest BCUT2D eigenvalue weighted by molar-refractivity contribution is 7.38. The second kappa shape index (κ2) is 3.35. The van der Waals surface area contributed by atoms with Gasteiger partial charge in [-0.3, -0.25) is 4.52 Å². The SMILES string of the molecule is C[P+](=O)Oc1cccc(O)c1. The molecule has 1 N–H and O–H groups in total. The minimum absolute atomic E-state index is 0.111. The van der Waals surface area contributed by atoms with Gasteiger partial charge in [0.15, 0.2) is 12.4 Å². The number of phenols is 1. The molecule has 0 aliphatic rings. The Hall–Kier alpha value is -1.08. The number of aromatic hydroxyl groups is 1. The number of hydrogen-bond acceptors (Lipinski definition) is 3. The summed E-state index contributed by atoms with van der Waals surface area (Å²) in [5, 5.41) is 8.95. The van der Waals surface area contributed by atoms with E-state index in [-0.39, 0.29) is 5.75 Å². The van der Waals surface area contributed by atoms with Gasteiger partial charge in [-0.15, -0.1) is 0 Å². The van der Waals surface area contributed by atoms with Gasteiger partial charge in [-0.05, 0) is 16.7 Å². The van der Waals surface area contributed by atoms with Crippen LogP contribution in [0.4, 0.5) is 0 Å². The number of phenolic OH excluding ortho intramolecular Hbond substituents is 1. The van der Waals surface area contributed by atoms with Crippen molar-refractivity contribution >= 4 is 8.03 Å². The number of hydrogen-bond donors (Lipinski definition) is 1. The van der Waals surface area contributed by atoms with Crippen molar-refractivity contribution in [3.8, 4) is 11.5 Å². The standard InChI is InChI=1S/C7H7O3P/c1-11(9)10-7-4-2-3-6(8)5-7/h2-5H,1H3/p+1. The molecule has 3 nitrogen and oxygen atoms in total. The van der Waals surface area contributed by atoms with Crippen LogP contribution in [0, 0.1) is 0 Å². The molecule has 0 saturated carbocycles. The summed E-state index contributed by atoms with van der Waals surface area (Å²) in [6, 6.07) is 6.20. The first-order chi connectivity index (χ1) is 5.18. The van der Waals surface area contributed by atoms with Crippen molar-refractivity contribution in [1.82, 2.24) is 0 Å². The first kappa shape index (κ1) is 8.02. The van der Waals surface area contributed by atoms with Crippen molar-refractivity contribution in [2.45, 2.75) is 0 Å². The molecule has 0 fully saturated rings. The summed E-state index contributed by atoms with van der Waals surface area (Å²) in [6.45, 7) is 1.46. The lowest BCUT2D eigenvalue weighted by atomic mass is 10.3. The summed E-state index contributed by atoms with van der Waals surface area (Å²) in [7, 11) is -1.65. The van der Waals surface area contributed by atoms with Crippen LogP contribution < -0.4 is 4.52 Å². The summed E-state index contributed by atoms with van der Waals surface area (Å²) in [6.07, 6.45) is 0. The quantitative estimate of drug-likeness (QED) is 0.693. The summed E-state index contributed by atoms with van der Waals surface area (Å²) in [4.78, 5) is 0. The fourth-order valence-corrected chi connectivity index (χ4v) is 1.10. The van der Waals surface area contributed by atoms with E-state index in [1.807, 2.05) is 0 Å². The summed E-state index contributed by atoms with van der Waals surface area (Å²) in [5.74, 6) is 0.535. The molecule has 4 heteroatoms. The largest absolute Gasteiger partial charge is 0.552 e. The van der Waals surface area contributed by atoms with Crippen LogP contribution in [0.15, 0.2) is 24.3 Å². The van der Waals surface area contributed by atoms with Crippen LogP contribution in [0.1, 0.15) is 0 Å². The lowest BCUT2D eigenvalue weighted by molar-refractivity contribution is 0.468. The zero-order valence-corrected chi connectivity index (χ0v) is 6.91. The van der Waals surface area contributed by atoms with Crippen LogP contribution in [-0.2, 0) is 4.57 Å². The van der Waals surface area contributed by atoms with Gasteiger partial charge < -0.3 is 5.11 Å². The summed E-state index contributed by atoms with van der Waals surface area (Å²) >= 11 is 0. The van der Waals surface area contributed by atoms with E-state index >= 15 is 0 Å². The molecule has 0 aliphatic carbocycles. The zero-order chi connectivity index (χ0) is 8.27. The molecule has 1 rings (SSSR count). The molecular weight excluding hydrogens is 163 g/mol. The highest BCUT2D eigenvalue weighted by Gasteiger charge is 2.08. The molecule has 58 valence electrons. The second-order valence-electron chi connectivity index (χ2n) is 2.03. The van der Waals surface area contributed by atoms with E-state index < -0.39 is 8.03 Å². The van der Waals surface area contributed by atoms with Crippen molar-refractivity contribution in [1.29, 1.82) is 0 Å². The Kier molecular flexibility index (Phi) is 2.44. The van der Waals surface area contributed by atoms with Gasteiger partial charge in [-0.1, -0.05) is 6.07 Å². The highest BCUT2D eigenvalue weighted by atomic mass is 31.1. The van der Waals surface area contributed by atoms with Crippen molar-refractivity contribution in [2.24, 2.45) is 0 Å². The maximum Gasteiger partial charge on any atom is 0.552 e. The van der Waals surface area contributed by atoms with E-state index in [2.05, 4.69) is 0 Å². The lowest BCUT2D eigenvalue weighted by Crippen LogP contribution is -1.77. The van der Waals surface area contributed by atoms with E-state index in [1.165, 1.54) is 18.8 Å². The van der Waals surface area contributed by atoms with Crippen molar-refractivity contribution in [3.63, 3.8) is 0 Å². The first-order valence-electron chi connectivity index (χ1n) is 3.06. The first-order valence-corrected chi connectivity index (χ1v) is 4.69. The molecule has 0 radical (unpaired) electrons. The molecule has 1 atom stereocenters. The third-order valence-corrected chi connectivity index (χ3v) is 1.52. The van der Waals surface area contributed by atoms with E-state index in [0.717, 1.165) is 0 Å². The molecule has 0 amide bonds. The van der Waals surface area contributed by atoms with Gasteiger partial charge in [0, 0.05) is 6.07 Å². The predicted molar refractivity (Wildman–Crippen MR) is 42.3 cm³/mol. The van der Waals surface area contributed by atoms with Crippen molar-refractivity contribution < 1.29 is 14.2 Å². The average Bonchev–Trinajstić information content (AvgIpc) is 1.85. The van der Waals surface area contributed by atoms with Crippen molar-refractivity contribution in [3.05, 3.63) is 24.3 Å². The lowest BCUT2D eigenvalue weighted by Gasteiger charge is -1.92. The van der Waals surface area contributed by atoms with Crippen LogP contribution >= 0.6 is 8.03 Å². The molecule has 1 unspecified atom stereocenters. The third kappa shape index (κ3) is 2.56. The van der Waals surface area contributed by atoms with E-state index in [1.54, 1.807) is 12.1 Å². The van der Waals surface area contributed by atoms with E-state index in [9.17, 15) is 4.57 Å². The molecule has 0 heterocycles. The van der Waals surface area contributed by atoms with Gasteiger partial charge >= 0.3 is 8.03 Å². The predicted octanol–water partition coefficient (Wildman–Crippen LogP) is 2.14. The smallest absolute Gasteiger partial charge is 0.508 e. The fourth-order valence-electron chi connectivity index (χ4n) is 0.689. The number of rotatable bonds is 2. The molecular formula is C7H8O3P+. The third-order valence-electron chi connectivity index (χ3n) is 1.05. The molecule has 0 bridgehead atoms. The van der Waals surface area contributed by atoms with Gasteiger partial charge in [0.2, 0.25) is 0 Å². The Morgan fingerprint density at radius 2 is 2.27 bits per heavy atom. The van der Waals surface area contributed by atoms with Gasteiger partial charge in [0.25, 0.3) is 0 Å². The maximum absolute atomic E-state index is 10.6. The normalized spacial score (nSPS) is 10.8. The average molecular weight is 171 g/mol. The fraction of sp³-hybridized carbons (Fsp3) is 0.143. The topological polar surface area (TPSA) is 46.5 Å². The maximum atomic E-state index is 10.6. The minimum Gasteiger partial charge on any atom is -0.508 e. The molecule has 11 heavy (non-hydrogen) atoms. The Morgan fingerprint density at radius 1 is 1.55 bits per heavy atom. The van der Waals surface area contributed by atoms with E-state index in [0.29, 0.717) is 5.75 Å². The van der Waals surface area contributed by atoms with Gasteiger partial charge in [0.05, 0.1) is 0 Å². The summed E-state index contributed by atoms with van der Waals surface area (Å²) < 4.78 is 15.4. The van der Waals surface area contributed by atoms with Crippen LogP contribution in [0.5, 0.6) is 11.5 Å². The van der Waals surface area contributed by atoms with Crippen LogP contribution in [-0.4, -0.2) is 11.8 Å². The van der Waals surface area contributed by atoms with Crippen LogP contribution in [0.3, 0.4) is 0 Å². The zero-order valence-electron chi connectivity index (χ0n) is 6.02. The molecule has 1 aromatic rings. The number of benzene rings is 1. The van der Waals surface area contributed by atoms with Crippen LogP contribution in [0.2, 0.25) is 0 Å². The van der Waals surface area contributed by atoms with Gasteiger partial charge in [-0.2, -0.15) is 0 Å². The second-order valence-corrected chi connectivity index (χ2v) is 3.09. The minimum atomic E-state index is -1.65. The Morgan fingerprint density at radius 3 is 2.82 bits per heavy atom. The summed E-state index contributed by atoms with van der Waals surface area (Å²) in [5.41, 5.74) is 0. The molecule has 0 spiro atoms. The van der Waals surface area contributed by atoms with Gasteiger partial charge in [0.1, 0.15) is 5.75 Å². The molecule has 0 saturated heterocycles. The van der Waals surface area contributed by atoms with Crippen LogP contribution in [0.25, 0.3) is 0 Å². The molecule has 0 aromatic heterocycles. The Bertz CT molecular complexity index is 272. The molecule has 0 aliphatic heterocycles. The highest BCUT2D eigenvalue weighted by Crippen LogP contribution is 2.25. The van der Waals surface area contributed by atoms with Crippen molar-refractivity contribution in [2.75, 3.05) is 6.66 Å². The molecule has 1 aromatic carbocycles. The van der Waals surface area contributed by atoms with Gasteiger partial charge in [-0.25, -0.2) is 0 Å². The Labute approximate surface area is 65.5 Å². The Balaban J connectivity index is 2.79. The van der Waals surface area contributed by atoms with E-state index in [4.69, 9.17) is 9.63 Å².